The maximum Gasteiger partial charge on any atom is 0.0714 e. The van der Waals surface area contributed by atoms with Crippen LogP contribution in [0.5, 0.6) is 0 Å². The first-order valence-electron chi connectivity index (χ1n) is 17.5. The van der Waals surface area contributed by atoms with Crippen LogP contribution in [0.2, 0.25) is 0 Å². The van der Waals surface area contributed by atoms with E-state index in [1.807, 2.05) is 11.3 Å². The summed E-state index contributed by atoms with van der Waals surface area (Å²) >= 11 is 1.89. The number of para-hydroxylation sites is 2. The van der Waals surface area contributed by atoms with Gasteiger partial charge in [-0.1, -0.05) is 164 Å². The quantitative estimate of drug-likeness (QED) is 0.171. The molecule has 0 aliphatic heterocycles. The molecule has 0 spiro atoms. The Bertz CT molecular complexity index is 2650. The van der Waals surface area contributed by atoms with Crippen LogP contribution in [0.3, 0.4) is 0 Å². The SMILES string of the molecule is c1ccc(-c2ccccc2N(c2ccccc2)c2ccc3c(c2)sc2cc(C4(c5ccccc5)c5ccccc5-c5ccccc54)ccc23)cc1. The van der Waals surface area contributed by atoms with Crippen molar-refractivity contribution in [3.63, 3.8) is 0 Å². The third-order valence-corrected chi connectivity index (χ3v) is 11.7. The van der Waals surface area contributed by atoms with E-state index in [-0.39, 0.29) is 0 Å². The largest absolute Gasteiger partial charge is 0.310 e. The molecule has 51 heavy (non-hydrogen) atoms. The second-order valence-electron chi connectivity index (χ2n) is 13.3. The molecule has 0 N–H and O–H groups in total. The standard InChI is InChI=1S/C49H33NS/c1-4-16-34(17-5-1)39-22-12-15-27-46(39)50(37-20-8-3-9-21-37)38-29-31-43-42-30-28-36(32-47(42)51-48(43)33-38)49(35-18-6-2-7-19-35)44-25-13-10-23-40(44)41-24-11-14-26-45(41)49/h1-33H. The zero-order chi connectivity index (χ0) is 33.8. The molecule has 240 valence electrons. The molecular weight excluding hydrogens is 635 g/mol. The van der Waals surface area contributed by atoms with E-state index in [0.29, 0.717) is 0 Å². The van der Waals surface area contributed by atoms with Gasteiger partial charge in [-0.25, -0.2) is 0 Å². The Kier molecular flexibility index (Phi) is 6.97. The number of fused-ring (bicyclic) bond motifs is 6. The van der Waals surface area contributed by atoms with E-state index in [2.05, 4.69) is 205 Å². The molecule has 0 amide bonds. The van der Waals surface area contributed by atoms with Gasteiger partial charge in [-0.15, -0.1) is 11.3 Å². The average Bonchev–Trinajstić information content (AvgIpc) is 3.72. The third-order valence-electron chi connectivity index (χ3n) is 10.6. The molecule has 1 aliphatic carbocycles. The van der Waals surface area contributed by atoms with Crippen LogP contribution in [0.4, 0.5) is 17.1 Å². The highest BCUT2D eigenvalue weighted by atomic mass is 32.1. The van der Waals surface area contributed by atoms with Crippen LogP contribution < -0.4 is 4.90 Å². The van der Waals surface area contributed by atoms with Crippen molar-refractivity contribution in [2.75, 3.05) is 4.90 Å². The molecule has 0 radical (unpaired) electrons. The summed E-state index contributed by atoms with van der Waals surface area (Å²) in [4.78, 5) is 2.40. The second-order valence-corrected chi connectivity index (χ2v) is 14.3. The number of anilines is 3. The summed E-state index contributed by atoms with van der Waals surface area (Å²) in [6.07, 6.45) is 0. The molecule has 0 saturated heterocycles. The topological polar surface area (TPSA) is 3.24 Å². The third kappa shape index (κ3) is 4.61. The lowest BCUT2D eigenvalue weighted by Gasteiger charge is -2.33. The highest BCUT2D eigenvalue weighted by Gasteiger charge is 2.45. The van der Waals surface area contributed by atoms with Crippen molar-refractivity contribution in [2.24, 2.45) is 0 Å². The van der Waals surface area contributed by atoms with Crippen molar-refractivity contribution in [1.82, 2.24) is 0 Å². The fraction of sp³-hybridized carbons (Fsp3) is 0.0204. The predicted molar refractivity (Wildman–Crippen MR) is 217 cm³/mol. The van der Waals surface area contributed by atoms with Gasteiger partial charge in [0.1, 0.15) is 0 Å². The van der Waals surface area contributed by atoms with E-state index in [1.165, 1.54) is 64.7 Å². The maximum atomic E-state index is 2.46. The summed E-state index contributed by atoms with van der Waals surface area (Å²) in [5, 5.41) is 2.58. The van der Waals surface area contributed by atoms with Gasteiger partial charge >= 0.3 is 0 Å². The molecule has 0 unspecified atom stereocenters. The Hall–Kier alpha value is -6.22. The van der Waals surface area contributed by atoms with Crippen molar-refractivity contribution >= 4 is 48.6 Å². The van der Waals surface area contributed by atoms with Crippen LogP contribution in [0.1, 0.15) is 22.3 Å². The van der Waals surface area contributed by atoms with Crippen LogP contribution in [0.25, 0.3) is 42.4 Å². The monoisotopic (exact) mass is 667 g/mol. The Labute approximate surface area is 302 Å². The lowest BCUT2D eigenvalue weighted by molar-refractivity contribution is 0.770. The lowest BCUT2D eigenvalue weighted by Crippen LogP contribution is -2.28. The molecule has 1 nitrogen and oxygen atoms in total. The molecule has 1 heterocycles. The molecule has 9 aromatic rings. The fourth-order valence-electron chi connectivity index (χ4n) is 8.38. The maximum absolute atomic E-state index is 2.46. The first-order valence-corrected chi connectivity index (χ1v) is 18.3. The van der Waals surface area contributed by atoms with E-state index < -0.39 is 5.41 Å². The highest BCUT2D eigenvalue weighted by Crippen LogP contribution is 2.56. The van der Waals surface area contributed by atoms with Gasteiger partial charge in [0.2, 0.25) is 0 Å². The van der Waals surface area contributed by atoms with Gasteiger partial charge in [-0.2, -0.15) is 0 Å². The summed E-state index contributed by atoms with van der Waals surface area (Å²) in [6.45, 7) is 0. The predicted octanol–water partition coefficient (Wildman–Crippen LogP) is 13.6. The molecule has 8 aromatic carbocycles. The first-order chi connectivity index (χ1) is 25.3. The van der Waals surface area contributed by atoms with Gasteiger partial charge in [0.05, 0.1) is 11.1 Å². The molecule has 0 saturated carbocycles. The van der Waals surface area contributed by atoms with E-state index >= 15 is 0 Å². The van der Waals surface area contributed by atoms with E-state index in [4.69, 9.17) is 0 Å². The minimum absolute atomic E-state index is 0.408. The first kappa shape index (κ1) is 29.7. The minimum atomic E-state index is -0.408. The molecule has 0 fully saturated rings. The van der Waals surface area contributed by atoms with E-state index in [1.54, 1.807) is 0 Å². The van der Waals surface area contributed by atoms with E-state index in [0.717, 1.165) is 17.1 Å². The number of thiophene rings is 1. The smallest absolute Gasteiger partial charge is 0.0714 e. The van der Waals surface area contributed by atoms with Crippen LogP contribution in [0.15, 0.2) is 200 Å². The Balaban J connectivity index is 1.17. The molecule has 10 rings (SSSR count). The van der Waals surface area contributed by atoms with Gasteiger partial charge in [0, 0.05) is 37.1 Å². The van der Waals surface area contributed by atoms with Crippen molar-refractivity contribution in [3.05, 3.63) is 222 Å². The number of hydrogen-bond donors (Lipinski definition) is 0. The van der Waals surface area contributed by atoms with Crippen LogP contribution >= 0.6 is 11.3 Å². The Morgan fingerprint density at radius 2 is 0.902 bits per heavy atom. The molecule has 0 bridgehead atoms. The van der Waals surface area contributed by atoms with E-state index in [9.17, 15) is 0 Å². The zero-order valence-electron chi connectivity index (χ0n) is 27.9. The molecule has 2 heteroatoms. The summed E-state index contributed by atoms with van der Waals surface area (Å²) in [5.41, 5.74) is 13.3. The van der Waals surface area contributed by atoms with Crippen LogP contribution in [-0.2, 0) is 5.41 Å². The molecule has 1 aliphatic rings. The lowest BCUT2D eigenvalue weighted by atomic mass is 9.67. The minimum Gasteiger partial charge on any atom is -0.310 e. The van der Waals surface area contributed by atoms with Gasteiger partial charge in [0.15, 0.2) is 0 Å². The normalized spacial score (nSPS) is 12.9. The molecule has 1 aromatic heterocycles. The average molecular weight is 668 g/mol. The van der Waals surface area contributed by atoms with Crippen molar-refractivity contribution < 1.29 is 0 Å². The van der Waals surface area contributed by atoms with Crippen molar-refractivity contribution in [1.29, 1.82) is 0 Å². The summed E-state index contributed by atoms with van der Waals surface area (Å²) in [7, 11) is 0. The summed E-state index contributed by atoms with van der Waals surface area (Å²) in [5.74, 6) is 0. The van der Waals surface area contributed by atoms with Crippen molar-refractivity contribution in [3.8, 4) is 22.3 Å². The highest BCUT2D eigenvalue weighted by molar-refractivity contribution is 7.25. The number of benzene rings is 8. The number of rotatable bonds is 6. The molecule has 0 atom stereocenters. The van der Waals surface area contributed by atoms with Gasteiger partial charge in [-0.05, 0) is 75.3 Å². The van der Waals surface area contributed by atoms with Crippen LogP contribution in [0, 0.1) is 0 Å². The second kappa shape index (κ2) is 12.0. The Morgan fingerprint density at radius 3 is 1.59 bits per heavy atom. The summed E-state index contributed by atoms with van der Waals surface area (Å²) in [6, 6.07) is 73.3. The molecular formula is C49H33NS. The number of hydrogen-bond acceptors (Lipinski definition) is 2. The number of nitrogens with zero attached hydrogens (tertiary/aromatic N) is 1. The van der Waals surface area contributed by atoms with Gasteiger partial charge in [0.25, 0.3) is 0 Å². The zero-order valence-corrected chi connectivity index (χ0v) is 28.7. The van der Waals surface area contributed by atoms with Crippen LogP contribution in [-0.4, -0.2) is 0 Å². The Morgan fingerprint density at radius 1 is 0.373 bits per heavy atom. The van der Waals surface area contributed by atoms with Gasteiger partial charge in [-0.3, -0.25) is 0 Å². The van der Waals surface area contributed by atoms with Gasteiger partial charge < -0.3 is 4.90 Å². The fourth-order valence-corrected chi connectivity index (χ4v) is 9.56. The van der Waals surface area contributed by atoms with Crippen molar-refractivity contribution in [2.45, 2.75) is 5.41 Å². The summed E-state index contributed by atoms with van der Waals surface area (Å²) < 4.78 is 2.58.